The lowest BCUT2D eigenvalue weighted by atomic mass is 9.71. The number of hydrogen-bond donors (Lipinski definition) is 4. The van der Waals surface area contributed by atoms with Gasteiger partial charge in [-0.1, -0.05) is 32.9 Å². The molecule has 4 atom stereocenters. The third kappa shape index (κ3) is 3.98. The number of allylic oxidation sites excluding steroid dienone is 1. The molecule has 0 aromatic heterocycles. The summed E-state index contributed by atoms with van der Waals surface area (Å²) in [6.07, 6.45) is 2.99. The van der Waals surface area contributed by atoms with Gasteiger partial charge >= 0.3 is 0 Å². The molecule has 1 amide bonds. The van der Waals surface area contributed by atoms with E-state index in [1.165, 1.54) is 5.56 Å². The molecule has 1 aromatic carbocycles. The first-order valence-corrected chi connectivity index (χ1v) is 12.6. The van der Waals surface area contributed by atoms with Crippen LogP contribution in [-0.4, -0.2) is 58.6 Å². The maximum Gasteiger partial charge on any atom is 0.251 e. The number of nitrogens with one attached hydrogen (secondary N) is 2. The summed E-state index contributed by atoms with van der Waals surface area (Å²) >= 11 is 0. The van der Waals surface area contributed by atoms with Crippen molar-refractivity contribution in [3.05, 3.63) is 46.3 Å². The predicted octanol–water partition coefficient (Wildman–Crippen LogP) is 2.82. The van der Waals surface area contributed by atoms with Gasteiger partial charge in [0.05, 0.1) is 23.5 Å². The summed E-state index contributed by atoms with van der Waals surface area (Å²) in [5.74, 6) is 1.47. The fourth-order valence-electron chi connectivity index (χ4n) is 6.09. The molecule has 1 aliphatic carbocycles. The number of nitrogens with two attached hydrogens (primary N) is 1. The molecular formula is C27H41N5O2. The Bertz CT molecular complexity index is 1030. The van der Waals surface area contributed by atoms with Crippen LogP contribution in [0.5, 0.6) is 0 Å². The standard InChI is InChI=1S/C27H41N5O2/c1-7-22(28)31-21-14-29-24(16(2)3)32-15-20(23(33)27(21,32)6)30-25(34)18-10-8-12-19-17(18)11-9-13-26(19,4)5/h8,10,12,20-21,23,29,33H,7,9,11,13-15H2,1-6H3,(H2,28,31)(H,30,34)/t20?,21?,23-,27+/m1/s1. The van der Waals surface area contributed by atoms with Crippen molar-refractivity contribution in [1.29, 1.82) is 0 Å². The lowest BCUT2D eigenvalue weighted by Gasteiger charge is -2.48. The zero-order chi connectivity index (χ0) is 24.8. The Labute approximate surface area is 203 Å². The Morgan fingerprint density at radius 2 is 2.06 bits per heavy atom. The maximum absolute atomic E-state index is 13.5. The second-order valence-electron chi connectivity index (χ2n) is 11.1. The van der Waals surface area contributed by atoms with E-state index in [0.717, 1.165) is 41.8 Å². The third-order valence-electron chi connectivity index (χ3n) is 8.20. The molecule has 7 heteroatoms. The highest BCUT2D eigenvalue weighted by molar-refractivity contribution is 5.96. The van der Waals surface area contributed by atoms with E-state index < -0.39 is 17.7 Å². The van der Waals surface area contributed by atoms with Gasteiger partial charge in [0.25, 0.3) is 5.91 Å². The highest BCUT2D eigenvalue weighted by Crippen LogP contribution is 2.41. The number of benzene rings is 1. The number of fused-ring (bicyclic) bond motifs is 2. The molecule has 186 valence electrons. The van der Waals surface area contributed by atoms with Crippen molar-refractivity contribution in [2.45, 2.75) is 96.4 Å². The topological polar surface area (TPSA) is 103 Å². The van der Waals surface area contributed by atoms with Gasteiger partial charge in [0.2, 0.25) is 0 Å². The van der Waals surface area contributed by atoms with Crippen LogP contribution in [0.25, 0.3) is 0 Å². The fourth-order valence-corrected chi connectivity index (χ4v) is 6.09. The summed E-state index contributed by atoms with van der Waals surface area (Å²) in [7, 11) is 0. The van der Waals surface area contributed by atoms with Gasteiger partial charge in [0, 0.05) is 25.1 Å². The summed E-state index contributed by atoms with van der Waals surface area (Å²) in [6, 6.07) is 5.42. The van der Waals surface area contributed by atoms with Crippen molar-refractivity contribution in [2.75, 3.05) is 13.1 Å². The molecule has 2 unspecified atom stereocenters. The number of aliphatic imine (C=N–C) groups is 1. The minimum Gasteiger partial charge on any atom is -0.388 e. The predicted molar refractivity (Wildman–Crippen MR) is 137 cm³/mol. The van der Waals surface area contributed by atoms with E-state index in [-0.39, 0.29) is 17.4 Å². The summed E-state index contributed by atoms with van der Waals surface area (Å²) in [5, 5.41) is 18.3. The van der Waals surface area contributed by atoms with Crippen LogP contribution >= 0.6 is 0 Å². The molecule has 0 radical (unpaired) electrons. The summed E-state index contributed by atoms with van der Waals surface area (Å²) in [6.45, 7) is 13.7. The van der Waals surface area contributed by atoms with E-state index >= 15 is 0 Å². The molecule has 4 rings (SSSR count). The molecular weight excluding hydrogens is 426 g/mol. The molecule has 2 fully saturated rings. The van der Waals surface area contributed by atoms with Crippen LogP contribution in [0, 0.1) is 0 Å². The largest absolute Gasteiger partial charge is 0.388 e. The van der Waals surface area contributed by atoms with Crippen LogP contribution in [0.2, 0.25) is 0 Å². The van der Waals surface area contributed by atoms with Crippen LogP contribution in [0.15, 0.2) is 34.6 Å². The van der Waals surface area contributed by atoms with Crippen molar-refractivity contribution >= 4 is 11.7 Å². The summed E-state index contributed by atoms with van der Waals surface area (Å²) in [5.41, 5.74) is 9.79. The Balaban J connectivity index is 1.65. The van der Waals surface area contributed by atoms with Crippen molar-refractivity contribution in [1.82, 2.24) is 15.5 Å². The normalized spacial score (nSPS) is 30.3. The number of carbonyl (C=O) groups excluding carboxylic acids is 1. The van der Waals surface area contributed by atoms with E-state index in [1.54, 1.807) is 0 Å². The quantitative estimate of drug-likeness (QED) is 0.403. The highest BCUT2D eigenvalue weighted by Gasteiger charge is 2.58. The second-order valence-corrected chi connectivity index (χ2v) is 11.1. The molecule has 0 spiro atoms. The number of nitrogens with zero attached hydrogens (tertiary/aromatic N) is 2. The van der Waals surface area contributed by atoms with Crippen LogP contribution in [0.3, 0.4) is 0 Å². The minimum absolute atomic E-state index is 0.0688. The van der Waals surface area contributed by atoms with Gasteiger partial charge in [-0.3, -0.25) is 9.79 Å². The van der Waals surface area contributed by atoms with E-state index in [4.69, 9.17) is 10.7 Å². The van der Waals surface area contributed by atoms with E-state index in [9.17, 15) is 9.90 Å². The van der Waals surface area contributed by atoms with Crippen LogP contribution in [0.1, 0.15) is 82.3 Å². The lowest BCUT2D eigenvalue weighted by molar-refractivity contribution is 0.0137. The van der Waals surface area contributed by atoms with Gasteiger partial charge < -0.3 is 26.4 Å². The molecule has 0 bridgehead atoms. The lowest BCUT2D eigenvalue weighted by Crippen LogP contribution is -2.65. The molecule has 2 heterocycles. The molecule has 5 N–H and O–H groups in total. The van der Waals surface area contributed by atoms with Crippen LogP contribution in [0.4, 0.5) is 0 Å². The monoisotopic (exact) mass is 467 g/mol. The average molecular weight is 468 g/mol. The first-order chi connectivity index (χ1) is 16.0. The van der Waals surface area contributed by atoms with Gasteiger partial charge in [0.1, 0.15) is 11.9 Å². The molecule has 0 saturated carbocycles. The van der Waals surface area contributed by atoms with Crippen molar-refractivity contribution < 1.29 is 9.90 Å². The number of aliphatic hydroxyl groups is 1. The van der Waals surface area contributed by atoms with Crippen molar-refractivity contribution in [3.63, 3.8) is 0 Å². The van der Waals surface area contributed by atoms with Crippen molar-refractivity contribution in [3.8, 4) is 0 Å². The first-order valence-electron chi connectivity index (χ1n) is 12.6. The smallest absolute Gasteiger partial charge is 0.251 e. The van der Waals surface area contributed by atoms with E-state index in [2.05, 4.69) is 49.3 Å². The van der Waals surface area contributed by atoms with E-state index in [0.29, 0.717) is 25.3 Å². The second kappa shape index (κ2) is 8.91. The fraction of sp³-hybridized carbons (Fsp3) is 0.630. The third-order valence-corrected chi connectivity index (χ3v) is 8.20. The zero-order valence-corrected chi connectivity index (χ0v) is 21.5. The molecule has 34 heavy (non-hydrogen) atoms. The maximum atomic E-state index is 13.5. The Hall–Kier alpha value is -2.54. The number of amides is 1. The highest BCUT2D eigenvalue weighted by atomic mass is 16.3. The number of carbonyl (C=O) groups is 1. The first kappa shape index (κ1) is 24.6. The Kier molecular flexibility index (Phi) is 6.44. The molecule has 3 aliphatic rings. The molecule has 1 aromatic rings. The number of aliphatic hydroxyl groups excluding tert-OH is 1. The zero-order valence-electron chi connectivity index (χ0n) is 21.5. The minimum atomic E-state index is -0.790. The van der Waals surface area contributed by atoms with Gasteiger partial charge in [-0.2, -0.15) is 0 Å². The summed E-state index contributed by atoms with van der Waals surface area (Å²) in [4.78, 5) is 20.5. The van der Waals surface area contributed by atoms with Gasteiger partial charge in [-0.15, -0.1) is 0 Å². The number of rotatable bonds is 4. The molecule has 7 nitrogen and oxygen atoms in total. The number of hydrogen-bond acceptors (Lipinski definition) is 5. The molecule has 2 aliphatic heterocycles. The van der Waals surface area contributed by atoms with Gasteiger partial charge in [-0.25, -0.2) is 0 Å². The number of amidine groups is 1. The average Bonchev–Trinajstić information content (AvgIpc) is 3.04. The van der Waals surface area contributed by atoms with E-state index in [1.807, 2.05) is 26.0 Å². The Morgan fingerprint density at radius 1 is 1.32 bits per heavy atom. The van der Waals surface area contributed by atoms with Crippen LogP contribution in [-0.2, 0) is 11.8 Å². The summed E-state index contributed by atoms with van der Waals surface area (Å²) < 4.78 is 0. The van der Waals surface area contributed by atoms with Crippen LogP contribution < -0.4 is 16.4 Å². The van der Waals surface area contributed by atoms with Gasteiger partial charge in [-0.05, 0) is 68.2 Å². The Morgan fingerprint density at radius 3 is 2.74 bits per heavy atom. The van der Waals surface area contributed by atoms with Gasteiger partial charge in [0.15, 0.2) is 0 Å². The van der Waals surface area contributed by atoms with Crippen molar-refractivity contribution in [2.24, 2.45) is 10.7 Å². The molecule has 2 saturated heterocycles. The SMILES string of the molecule is CCC(N)=NC1CNC(=C(C)C)N2CC(NC(=O)c3cccc4c3CCCC4(C)C)[C@@H](O)[C@]12C.